The lowest BCUT2D eigenvalue weighted by Gasteiger charge is -2.12. The third kappa shape index (κ3) is 3.76. The van der Waals surface area contributed by atoms with Crippen molar-refractivity contribution in [2.24, 2.45) is 5.73 Å². The molecule has 86 valence electrons. The standard InChI is InChI=1S/C11H15F2N.ClH/c1-2-3-7-10(14)8-5-4-6-9(12)11(8)13;/h4-6,10H,2-3,7,14H2,1H3;1H/t10-;/m1./s1. The molecule has 0 radical (unpaired) electrons. The molecule has 0 fully saturated rings. The summed E-state index contributed by atoms with van der Waals surface area (Å²) in [5.74, 6) is -1.63. The van der Waals surface area contributed by atoms with Crippen LogP contribution in [0.5, 0.6) is 0 Å². The van der Waals surface area contributed by atoms with E-state index in [9.17, 15) is 8.78 Å². The number of rotatable bonds is 4. The molecular weight excluding hydrogens is 220 g/mol. The summed E-state index contributed by atoms with van der Waals surface area (Å²) in [6.07, 6.45) is 2.62. The number of nitrogens with two attached hydrogens (primary N) is 1. The molecule has 0 bridgehead atoms. The molecule has 1 aromatic rings. The van der Waals surface area contributed by atoms with Crippen LogP contribution in [0.3, 0.4) is 0 Å². The quantitative estimate of drug-likeness (QED) is 0.848. The van der Waals surface area contributed by atoms with Crippen molar-refractivity contribution in [3.8, 4) is 0 Å². The fraction of sp³-hybridized carbons (Fsp3) is 0.455. The Morgan fingerprint density at radius 3 is 2.60 bits per heavy atom. The molecule has 4 heteroatoms. The number of halogens is 3. The Kier molecular flexibility index (Phi) is 6.45. The van der Waals surface area contributed by atoms with E-state index in [-0.39, 0.29) is 18.0 Å². The van der Waals surface area contributed by atoms with Crippen LogP contribution in [0, 0.1) is 11.6 Å². The van der Waals surface area contributed by atoms with Gasteiger partial charge in [-0.3, -0.25) is 0 Å². The molecule has 0 saturated heterocycles. The SMILES string of the molecule is CCCC[C@@H](N)c1cccc(F)c1F.Cl. The van der Waals surface area contributed by atoms with Gasteiger partial charge in [0.25, 0.3) is 0 Å². The van der Waals surface area contributed by atoms with E-state index < -0.39 is 17.7 Å². The molecule has 0 aliphatic carbocycles. The summed E-state index contributed by atoms with van der Waals surface area (Å²) in [7, 11) is 0. The Labute approximate surface area is 95.1 Å². The molecule has 2 N–H and O–H groups in total. The molecule has 0 saturated carbocycles. The molecule has 0 heterocycles. The second kappa shape index (κ2) is 6.75. The molecule has 0 aromatic heterocycles. The van der Waals surface area contributed by atoms with Gasteiger partial charge in [-0.1, -0.05) is 31.9 Å². The smallest absolute Gasteiger partial charge is 0.163 e. The average Bonchev–Trinajstić information content (AvgIpc) is 2.18. The highest BCUT2D eigenvalue weighted by Gasteiger charge is 2.13. The van der Waals surface area contributed by atoms with E-state index in [2.05, 4.69) is 0 Å². The second-order valence-corrected chi connectivity index (χ2v) is 3.39. The van der Waals surface area contributed by atoms with Crippen LogP contribution in [0.15, 0.2) is 18.2 Å². The van der Waals surface area contributed by atoms with E-state index in [0.717, 1.165) is 18.9 Å². The van der Waals surface area contributed by atoms with Crippen LogP contribution in [0.2, 0.25) is 0 Å². The minimum absolute atomic E-state index is 0. The Morgan fingerprint density at radius 1 is 1.33 bits per heavy atom. The van der Waals surface area contributed by atoms with Gasteiger partial charge in [0.05, 0.1) is 0 Å². The van der Waals surface area contributed by atoms with Gasteiger partial charge in [-0.15, -0.1) is 12.4 Å². The Bertz CT molecular complexity index is 305. The molecule has 0 amide bonds. The van der Waals surface area contributed by atoms with Gasteiger partial charge in [-0.2, -0.15) is 0 Å². The predicted molar refractivity (Wildman–Crippen MR) is 60.1 cm³/mol. The molecule has 1 aromatic carbocycles. The van der Waals surface area contributed by atoms with Gasteiger partial charge in [0.1, 0.15) is 0 Å². The van der Waals surface area contributed by atoms with Gasteiger partial charge >= 0.3 is 0 Å². The predicted octanol–water partition coefficient (Wildman–Crippen LogP) is 3.58. The zero-order valence-corrected chi connectivity index (χ0v) is 9.49. The Balaban J connectivity index is 0.00000196. The van der Waals surface area contributed by atoms with Crippen molar-refractivity contribution in [1.82, 2.24) is 0 Å². The highest BCUT2D eigenvalue weighted by Crippen LogP contribution is 2.21. The molecule has 0 aliphatic rings. The molecule has 15 heavy (non-hydrogen) atoms. The first-order valence-corrected chi connectivity index (χ1v) is 4.86. The van der Waals surface area contributed by atoms with Crippen LogP contribution < -0.4 is 5.73 Å². The van der Waals surface area contributed by atoms with Crippen LogP contribution in [0.25, 0.3) is 0 Å². The number of unbranched alkanes of at least 4 members (excludes halogenated alkanes) is 1. The lowest BCUT2D eigenvalue weighted by molar-refractivity contribution is 0.480. The second-order valence-electron chi connectivity index (χ2n) is 3.39. The topological polar surface area (TPSA) is 26.0 Å². The van der Waals surface area contributed by atoms with Crippen LogP contribution in [-0.2, 0) is 0 Å². The highest BCUT2D eigenvalue weighted by molar-refractivity contribution is 5.85. The summed E-state index contributed by atoms with van der Waals surface area (Å²) in [6.45, 7) is 2.04. The van der Waals surface area contributed by atoms with Crippen LogP contribution in [-0.4, -0.2) is 0 Å². The molecular formula is C11H16ClF2N. The van der Waals surface area contributed by atoms with Gasteiger partial charge in [0, 0.05) is 11.6 Å². The van der Waals surface area contributed by atoms with Gasteiger partial charge in [0.15, 0.2) is 11.6 Å². The molecule has 1 atom stereocenters. The van der Waals surface area contributed by atoms with E-state index in [1.54, 1.807) is 6.07 Å². The van der Waals surface area contributed by atoms with E-state index in [1.807, 2.05) is 6.92 Å². The molecule has 1 nitrogen and oxygen atoms in total. The van der Waals surface area contributed by atoms with Crippen molar-refractivity contribution in [2.45, 2.75) is 32.2 Å². The van der Waals surface area contributed by atoms with Crippen molar-refractivity contribution in [3.63, 3.8) is 0 Å². The van der Waals surface area contributed by atoms with Gasteiger partial charge in [-0.05, 0) is 12.5 Å². The molecule has 0 spiro atoms. The van der Waals surface area contributed by atoms with Crippen molar-refractivity contribution in [2.75, 3.05) is 0 Å². The van der Waals surface area contributed by atoms with Gasteiger partial charge in [-0.25, -0.2) is 8.78 Å². The zero-order valence-electron chi connectivity index (χ0n) is 8.67. The van der Waals surface area contributed by atoms with Crippen LogP contribution in [0.1, 0.15) is 37.8 Å². The van der Waals surface area contributed by atoms with E-state index >= 15 is 0 Å². The number of benzene rings is 1. The summed E-state index contributed by atoms with van der Waals surface area (Å²) < 4.78 is 26.1. The lowest BCUT2D eigenvalue weighted by atomic mass is 10.0. The highest BCUT2D eigenvalue weighted by atomic mass is 35.5. The van der Waals surface area contributed by atoms with Crippen LogP contribution >= 0.6 is 12.4 Å². The summed E-state index contributed by atoms with van der Waals surface area (Å²) in [6, 6.07) is 3.73. The average molecular weight is 236 g/mol. The van der Waals surface area contributed by atoms with E-state index in [0.29, 0.717) is 6.42 Å². The maximum absolute atomic E-state index is 13.2. The third-order valence-corrected chi connectivity index (χ3v) is 2.25. The summed E-state index contributed by atoms with van der Waals surface area (Å²) in [5, 5.41) is 0. The third-order valence-electron chi connectivity index (χ3n) is 2.25. The van der Waals surface area contributed by atoms with Crippen molar-refractivity contribution >= 4 is 12.4 Å². The Hall–Kier alpha value is -0.670. The first-order chi connectivity index (χ1) is 6.66. The van der Waals surface area contributed by atoms with Crippen molar-refractivity contribution in [3.05, 3.63) is 35.4 Å². The maximum Gasteiger partial charge on any atom is 0.163 e. The fourth-order valence-electron chi connectivity index (χ4n) is 1.39. The van der Waals surface area contributed by atoms with Crippen molar-refractivity contribution < 1.29 is 8.78 Å². The molecule has 0 unspecified atom stereocenters. The van der Waals surface area contributed by atoms with Gasteiger partial charge in [0.2, 0.25) is 0 Å². The lowest BCUT2D eigenvalue weighted by Crippen LogP contribution is -2.12. The summed E-state index contributed by atoms with van der Waals surface area (Å²) in [4.78, 5) is 0. The normalized spacial score (nSPS) is 12.0. The van der Waals surface area contributed by atoms with Crippen LogP contribution in [0.4, 0.5) is 8.78 Å². The summed E-state index contributed by atoms with van der Waals surface area (Å²) >= 11 is 0. The first kappa shape index (κ1) is 14.3. The molecule has 1 rings (SSSR count). The largest absolute Gasteiger partial charge is 0.324 e. The minimum Gasteiger partial charge on any atom is -0.324 e. The first-order valence-electron chi connectivity index (χ1n) is 4.86. The van der Waals surface area contributed by atoms with Crippen molar-refractivity contribution in [1.29, 1.82) is 0 Å². The fourth-order valence-corrected chi connectivity index (χ4v) is 1.39. The minimum atomic E-state index is -0.825. The number of hydrogen-bond acceptors (Lipinski definition) is 1. The maximum atomic E-state index is 13.2. The number of hydrogen-bond donors (Lipinski definition) is 1. The Morgan fingerprint density at radius 2 is 2.00 bits per heavy atom. The zero-order chi connectivity index (χ0) is 10.6. The van der Waals surface area contributed by atoms with Gasteiger partial charge < -0.3 is 5.73 Å². The molecule has 0 aliphatic heterocycles. The van der Waals surface area contributed by atoms with E-state index in [1.165, 1.54) is 6.07 Å². The van der Waals surface area contributed by atoms with E-state index in [4.69, 9.17) is 5.73 Å². The summed E-state index contributed by atoms with van der Waals surface area (Å²) in [5.41, 5.74) is 6.02. The monoisotopic (exact) mass is 235 g/mol.